The standard InChI is InChI=1S/C16H20ClN3OS/c1-2-21-11-13-7-8-20(10-13)16-19-18-15(22-16)9-12-3-5-14(17)6-4-12/h3-6,13H,2,7-11H2,1H3. The van der Waals surface area contributed by atoms with E-state index in [9.17, 15) is 0 Å². The molecule has 1 aromatic carbocycles. The van der Waals surface area contributed by atoms with E-state index < -0.39 is 0 Å². The highest BCUT2D eigenvalue weighted by molar-refractivity contribution is 7.15. The van der Waals surface area contributed by atoms with Crippen LogP contribution in [0.2, 0.25) is 5.02 Å². The summed E-state index contributed by atoms with van der Waals surface area (Å²) in [5, 5.41) is 11.5. The lowest BCUT2D eigenvalue weighted by atomic mass is 10.1. The van der Waals surface area contributed by atoms with Crippen LogP contribution >= 0.6 is 22.9 Å². The number of benzene rings is 1. The van der Waals surface area contributed by atoms with Gasteiger partial charge in [-0.25, -0.2) is 0 Å². The van der Waals surface area contributed by atoms with Gasteiger partial charge in [0.05, 0.1) is 6.61 Å². The van der Waals surface area contributed by atoms with Crippen LogP contribution < -0.4 is 4.90 Å². The van der Waals surface area contributed by atoms with E-state index in [1.54, 1.807) is 11.3 Å². The normalized spacial score (nSPS) is 18.1. The van der Waals surface area contributed by atoms with Crippen molar-refractivity contribution in [2.75, 3.05) is 31.2 Å². The average Bonchev–Trinajstić information content (AvgIpc) is 3.16. The minimum absolute atomic E-state index is 0.614. The second-order valence-electron chi connectivity index (χ2n) is 5.54. The predicted molar refractivity (Wildman–Crippen MR) is 91.0 cm³/mol. The second-order valence-corrected chi connectivity index (χ2v) is 7.02. The molecule has 2 aromatic rings. The van der Waals surface area contributed by atoms with Crippen LogP contribution in [0, 0.1) is 5.92 Å². The van der Waals surface area contributed by atoms with Gasteiger partial charge in [0.2, 0.25) is 5.13 Å². The van der Waals surface area contributed by atoms with Crippen molar-refractivity contribution in [3.05, 3.63) is 39.9 Å². The van der Waals surface area contributed by atoms with E-state index in [0.717, 1.165) is 47.9 Å². The van der Waals surface area contributed by atoms with Crippen molar-refractivity contribution in [3.8, 4) is 0 Å². The van der Waals surface area contributed by atoms with Gasteiger partial charge in [-0.2, -0.15) is 0 Å². The summed E-state index contributed by atoms with van der Waals surface area (Å²) in [6, 6.07) is 7.91. The zero-order chi connectivity index (χ0) is 15.4. The fourth-order valence-corrected chi connectivity index (χ4v) is 3.68. The lowest BCUT2D eigenvalue weighted by molar-refractivity contribution is 0.117. The molecule has 2 heterocycles. The van der Waals surface area contributed by atoms with Crippen LogP contribution in [0.3, 0.4) is 0 Å². The molecule has 1 saturated heterocycles. The van der Waals surface area contributed by atoms with E-state index in [0.29, 0.717) is 5.92 Å². The Labute approximate surface area is 140 Å². The first-order valence-electron chi connectivity index (χ1n) is 7.64. The van der Waals surface area contributed by atoms with E-state index in [1.807, 2.05) is 31.2 Å². The maximum Gasteiger partial charge on any atom is 0.208 e. The van der Waals surface area contributed by atoms with Crippen LogP contribution in [0.4, 0.5) is 5.13 Å². The highest BCUT2D eigenvalue weighted by atomic mass is 35.5. The number of ether oxygens (including phenoxy) is 1. The minimum Gasteiger partial charge on any atom is -0.381 e. The third-order valence-corrected chi connectivity index (χ3v) is 5.07. The summed E-state index contributed by atoms with van der Waals surface area (Å²) in [5.74, 6) is 0.614. The second kappa shape index (κ2) is 7.40. The summed E-state index contributed by atoms with van der Waals surface area (Å²) in [4.78, 5) is 2.33. The Morgan fingerprint density at radius 1 is 1.32 bits per heavy atom. The quantitative estimate of drug-likeness (QED) is 0.806. The third-order valence-electron chi connectivity index (χ3n) is 3.84. The zero-order valence-corrected chi connectivity index (χ0v) is 14.2. The third kappa shape index (κ3) is 3.97. The number of nitrogens with zero attached hydrogens (tertiary/aromatic N) is 3. The molecule has 118 valence electrons. The first-order valence-corrected chi connectivity index (χ1v) is 8.83. The van der Waals surface area contributed by atoms with Crippen LogP contribution in [-0.2, 0) is 11.2 Å². The first kappa shape index (κ1) is 15.7. The van der Waals surface area contributed by atoms with Gasteiger partial charge in [-0.1, -0.05) is 35.1 Å². The molecule has 0 amide bonds. The largest absolute Gasteiger partial charge is 0.381 e. The molecule has 1 fully saturated rings. The molecule has 1 aliphatic heterocycles. The van der Waals surface area contributed by atoms with Crippen molar-refractivity contribution in [3.63, 3.8) is 0 Å². The molecular weight excluding hydrogens is 318 g/mol. The van der Waals surface area contributed by atoms with Gasteiger partial charge in [-0.15, -0.1) is 10.2 Å². The SMILES string of the molecule is CCOCC1CCN(c2nnc(Cc3ccc(Cl)cc3)s2)C1. The summed E-state index contributed by atoms with van der Waals surface area (Å²) in [7, 11) is 0. The fraction of sp³-hybridized carbons (Fsp3) is 0.500. The van der Waals surface area contributed by atoms with Gasteiger partial charge in [-0.3, -0.25) is 0 Å². The van der Waals surface area contributed by atoms with Crippen LogP contribution in [0.5, 0.6) is 0 Å². The number of hydrogen-bond acceptors (Lipinski definition) is 5. The van der Waals surface area contributed by atoms with Gasteiger partial charge < -0.3 is 9.64 Å². The smallest absolute Gasteiger partial charge is 0.208 e. The Morgan fingerprint density at radius 2 is 2.14 bits per heavy atom. The van der Waals surface area contributed by atoms with Gasteiger partial charge in [-0.05, 0) is 31.0 Å². The van der Waals surface area contributed by atoms with E-state index >= 15 is 0 Å². The number of anilines is 1. The van der Waals surface area contributed by atoms with E-state index in [1.165, 1.54) is 12.0 Å². The Morgan fingerprint density at radius 3 is 2.91 bits per heavy atom. The Balaban J connectivity index is 1.58. The highest BCUT2D eigenvalue weighted by Gasteiger charge is 2.25. The number of rotatable bonds is 6. The minimum atomic E-state index is 0.614. The van der Waals surface area contributed by atoms with Crippen molar-refractivity contribution in [1.82, 2.24) is 10.2 Å². The molecule has 0 bridgehead atoms. The Bertz CT molecular complexity index is 602. The molecule has 1 aromatic heterocycles. The van der Waals surface area contributed by atoms with Crippen molar-refractivity contribution in [1.29, 1.82) is 0 Å². The molecule has 6 heteroatoms. The van der Waals surface area contributed by atoms with Crippen molar-refractivity contribution in [2.45, 2.75) is 19.8 Å². The molecule has 1 unspecified atom stereocenters. The van der Waals surface area contributed by atoms with Gasteiger partial charge in [0.15, 0.2) is 0 Å². The molecule has 22 heavy (non-hydrogen) atoms. The fourth-order valence-electron chi connectivity index (χ4n) is 2.65. The zero-order valence-electron chi connectivity index (χ0n) is 12.7. The van der Waals surface area contributed by atoms with Gasteiger partial charge >= 0.3 is 0 Å². The highest BCUT2D eigenvalue weighted by Crippen LogP contribution is 2.28. The summed E-state index contributed by atoms with van der Waals surface area (Å²) in [6.45, 7) is 5.76. The lowest BCUT2D eigenvalue weighted by Crippen LogP contribution is -2.21. The number of hydrogen-bond donors (Lipinski definition) is 0. The molecular formula is C16H20ClN3OS. The van der Waals surface area contributed by atoms with Crippen molar-refractivity contribution < 1.29 is 4.74 Å². The monoisotopic (exact) mass is 337 g/mol. The van der Waals surface area contributed by atoms with E-state index in [-0.39, 0.29) is 0 Å². The Kier molecular flexibility index (Phi) is 5.28. The van der Waals surface area contributed by atoms with Crippen LogP contribution in [0.15, 0.2) is 24.3 Å². The molecule has 0 aliphatic carbocycles. The van der Waals surface area contributed by atoms with Crippen LogP contribution in [0.25, 0.3) is 0 Å². The molecule has 1 aliphatic rings. The Hall–Kier alpha value is -1.17. The average molecular weight is 338 g/mol. The summed E-state index contributed by atoms with van der Waals surface area (Å²) < 4.78 is 5.53. The topological polar surface area (TPSA) is 38.2 Å². The van der Waals surface area contributed by atoms with E-state index in [4.69, 9.17) is 16.3 Å². The molecule has 4 nitrogen and oxygen atoms in total. The molecule has 1 atom stereocenters. The van der Waals surface area contributed by atoms with Crippen LogP contribution in [0.1, 0.15) is 23.9 Å². The van der Waals surface area contributed by atoms with Crippen molar-refractivity contribution in [2.24, 2.45) is 5.92 Å². The number of halogens is 1. The van der Waals surface area contributed by atoms with Gasteiger partial charge in [0, 0.05) is 37.1 Å². The van der Waals surface area contributed by atoms with Gasteiger partial charge in [0.1, 0.15) is 5.01 Å². The van der Waals surface area contributed by atoms with Gasteiger partial charge in [0.25, 0.3) is 0 Å². The summed E-state index contributed by atoms with van der Waals surface area (Å²) in [5.41, 5.74) is 1.21. The summed E-state index contributed by atoms with van der Waals surface area (Å²) >= 11 is 7.60. The molecule has 0 N–H and O–H groups in total. The maximum atomic E-state index is 5.91. The predicted octanol–water partition coefficient (Wildman–Crippen LogP) is 3.65. The molecule has 0 saturated carbocycles. The lowest BCUT2D eigenvalue weighted by Gasteiger charge is -2.13. The first-order chi connectivity index (χ1) is 10.7. The maximum absolute atomic E-state index is 5.91. The molecule has 0 spiro atoms. The van der Waals surface area contributed by atoms with Crippen LogP contribution in [-0.4, -0.2) is 36.5 Å². The molecule has 3 rings (SSSR count). The summed E-state index contributed by atoms with van der Waals surface area (Å²) in [6.07, 6.45) is 1.98. The number of aromatic nitrogens is 2. The molecule has 0 radical (unpaired) electrons. The van der Waals surface area contributed by atoms with Crippen molar-refractivity contribution >= 4 is 28.1 Å². The van der Waals surface area contributed by atoms with E-state index in [2.05, 4.69) is 15.1 Å².